The molecule has 130 valence electrons. The van der Waals surface area contributed by atoms with Gasteiger partial charge in [0.15, 0.2) is 0 Å². The summed E-state index contributed by atoms with van der Waals surface area (Å²) in [5.41, 5.74) is 1.51. The predicted molar refractivity (Wildman–Crippen MR) is 95.5 cm³/mol. The Bertz CT molecular complexity index is 785. The maximum Gasteiger partial charge on any atom is 0.274 e. The summed E-state index contributed by atoms with van der Waals surface area (Å²) in [7, 11) is 0. The van der Waals surface area contributed by atoms with E-state index in [9.17, 15) is 14.4 Å². The molecule has 3 N–H and O–H groups in total. The molecule has 0 aliphatic heterocycles. The van der Waals surface area contributed by atoms with Gasteiger partial charge in [-0.25, -0.2) is 4.98 Å². The first-order valence-corrected chi connectivity index (χ1v) is 7.82. The van der Waals surface area contributed by atoms with E-state index in [1.54, 1.807) is 36.4 Å². The number of benzene rings is 1. The molecule has 0 spiro atoms. The first-order chi connectivity index (χ1) is 11.8. The third kappa shape index (κ3) is 5.42. The highest BCUT2D eigenvalue weighted by molar-refractivity contribution is 6.04. The second-order valence-electron chi connectivity index (χ2n) is 5.75. The largest absolute Gasteiger partial charge is 0.349 e. The number of pyridine rings is 1. The molecule has 1 aromatic heterocycles. The summed E-state index contributed by atoms with van der Waals surface area (Å²) in [6.07, 6.45) is 0. The van der Waals surface area contributed by atoms with E-state index >= 15 is 0 Å². The van der Waals surface area contributed by atoms with Crippen molar-refractivity contribution in [2.45, 2.75) is 26.8 Å². The minimum atomic E-state index is -0.425. The highest BCUT2D eigenvalue weighted by atomic mass is 16.2. The lowest BCUT2D eigenvalue weighted by Gasteiger charge is -2.09. The highest BCUT2D eigenvalue weighted by Gasteiger charge is 2.13. The number of aromatic nitrogens is 1. The van der Waals surface area contributed by atoms with Crippen LogP contribution in [0.2, 0.25) is 0 Å². The third-order valence-electron chi connectivity index (χ3n) is 3.10. The van der Waals surface area contributed by atoms with Crippen molar-refractivity contribution in [2.24, 2.45) is 0 Å². The van der Waals surface area contributed by atoms with Gasteiger partial charge in [-0.2, -0.15) is 0 Å². The SMILES string of the molecule is CC(=O)Nc1ccc(NC(=O)c2cccc(C(=O)NC(C)C)n2)cc1. The van der Waals surface area contributed by atoms with Gasteiger partial charge in [-0.15, -0.1) is 0 Å². The van der Waals surface area contributed by atoms with Gasteiger partial charge in [0.1, 0.15) is 11.4 Å². The van der Waals surface area contributed by atoms with Gasteiger partial charge < -0.3 is 16.0 Å². The molecule has 7 heteroatoms. The van der Waals surface area contributed by atoms with Crippen molar-refractivity contribution in [3.8, 4) is 0 Å². The Balaban J connectivity index is 2.08. The van der Waals surface area contributed by atoms with Crippen molar-refractivity contribution >= 4 is 29.1 Å². The lowest BCUT2D eigenvalue weighted by Crippen LogP contribution is -2.31. The Morgan fingerprint density at radius 3 is 1.88 bits per heavy atom. The number of rotatable bonds is 5. The van der Waals surface area contributed by atoms with Crippen molar-refractivity contribution in [1.82, 2.24) is 10.3 Å². The van der Waals surface area contributed by atoms with Crippen LogP contribution in [0.25, 0.3) is 0 Å². The summed E-state index contributed by atoms with van der Waals surface area (Å²) >= 11 is 0. The van der Waals surface area contributed by atoms with Crippen LogP contribution in [0.5, 0.6) is 0 Å². The molecule has 1 heterocycles. The summed E-state index contributed by atoms with van der Waals surface area (Å²) in [5, 5.41) is 8.07. The van der Waals surface area contributed by atoms with Gasteiger partial charge in [-0.3, -0.25) is 14.4 Å². The number of amides is 3. The van der Waals surface area contributed by atoms with Gasteiger partial charge in [0.2, 0.25) is 5.91 Å². The van der Waals surface area contributed by atoms with E-state index in [-0.39, 0.29) is 29.2 Å². The van der Waals surface area contributed by atoms with E-state index in [4.69, 9.17) is 0 Å². The molecule has 0 aliphatic rings. The number of nitrogens with one attached hydrogen (secondary N) is 3. The number of carbonyl (C=O) groups excluding carboxylic acids is 3. The smallest absolute Gasteiger partial charge is 0.274 e. The maximum absolute atomic E-state index is 12.3. The lowest BCUT2D eigenvalue weighted by atomic mass is 10.2. The van der Waals surface area contributed by atoms with Crippen molar-refractivity contribution in [2.75, 3.05) is 10.6 Å². The molecule has 0 unspecified atom stereocenters. The van der Waals surface area contributed by atoms with Crippen molar-refractivity contribution in [3.05, 3.63) is 53.9 Å². The first kappa shape index (κ1) is 18.1. The van der Waals surface area contributed by atoms with E-state index in [0.29, 0.717) is 11.4 Å². The number of anilines is 2. The zero-order valence-corrected chi connectivity index (χ0v) is 14.3. The molecule has 3 amide bonds. The monoisotopic (exact) mass is 340 g/mol. The van der Waals surface area contributed by atoms with Crippen LogP contribution >= 0.6 is 0 Å². The summed E-state index contributed by atoms with van der Waals surface area (Å²) < 4.78 is 0. The minimum absolute atomic E-state index is 0.0195. The summed E-state index contributed by atoms with van der Waals surface area (Å²) in [6.45, 7) is 5.11. The molecular formula is C18H20N4O3. The Kier molecular flexibility index (Phi) is 5.84. The van der Waals surface area contributed by atoms with E-state index in [1.807, 2.05) is 13.8 Å². The lowest BCUT2D eigenvalue weighted by molar-refractivity contribution is -0.114. The Morgan fingerprint density at radius 2 is 1.36 bits per heavy atom. The van der Waals surface area contributed by atoms with Gasteiger partial charge in [0, 0.05) is 24.3 Å². The van der Waals surface area contributed by atoms with Gasteiger partial charge in [0.05, 0.1) is 0 Å². The molecule has 7 nitrogen and oxygen atoms in total. The summed E-state index contributed by atoms with van der Waals surface area (Å²) in [6, 6.07) is 11.4. The molecular weight excluding hydrogens is 320 g/mol. The van der Waals surface area contributed by atoms with Gasteiger partial charge >= 0.3 is 0 Å². The molecule has 0 saturated carbocycles. The number of nitrogens with zero attached hydrogens (tertiary/aromatic N) is 1. The first-order valence-electron chi connectivity index (χ1n) is 7.82. The third-order valence-corrected chi connectivity index (χ3v) is 3.10. The van der Waals surface area contributed by atoms with Crippen LogP contribution in [0.1, 0.15) is 41.7 Å². The Morgan fingerprint density at radius 1 is 0.840 bits per heavy atom. The quantitative estimate of drug-likeness (QED) is 0.778. The standard InChI is InChI=1S/C18H20N4O3/c1-11(2)19-17(24)15-5-4-6-16(22-15)18(25)21-14-9-7-13(8-10-14)20-12(3)23/h4-11H,1-3H3,(H,19,24)(H,20,23)(H,21,25). The molecule has 1 aromatic carbocycles. The van der Waals surface area contributed by atoms with E-state index in [0.717, 1.165) is 0 Å². The number of hydrogen-bond acceptors (Lipinski definition) is 4. The number of carbonyl (C=O) groups is 3. The fourth-order valence-electron chi connectivity index (χ4n) is 2.06. The predicted octanol–water partition coefficient (Wildman–Crippen LogP) is 2.43. The van der Waals surface area contributed by atoms with E-state index < -0.39 is 5.91 Å². The fourth-order valence-corrected chi connectivity index (χ4v) is 2.06. The Labute approximate surface area is 145 Å². The second kappa shape index (κ2) is 8.05. The van der Waals surface area contributed by atoms with E-state index in [2.05, 4.69) is 20.9 Å². The van der Waals surface area contributed by atoms with Crippen LogP contribution < -0.4 is 16.0 Å². The molecule has 2 rings (SSSR count). The van der Waals surface area contributed by atoms with Crippen molar-refractivity contribution in [3.63, 3.8) is 0 Å². The fraction of sp³-hybridized carbons (Fsp3) is 0.222. The van der Waals surface area contributed by atoms with Crippen molar-refractivity contribution in [1.29, 1.82) is 0 Å². The zero-order valence-electron chi connectivity index (χ0n) is 14.3. The molecule has 0 fully saturated rings. The van der Waals surface area contributed by atoms with Crippen molar-refractivity contribution < 1.29 is 14.4 Å². The average Bonchev–Trinajstić information content (AvgIpc) is 2.55. The van der Waals surface area contributed by atoms with E-state index in [1.165, 1.54) is 13.0 Å². The van der Waals surface area contributed by atoms with Gasteiger partial charge in [-0.1, -0.05) is 6.07 Å². The second-order valence-corrected chi connectivity index (χ2v) is 5.75. The molecule has 2 aromatic rings. The molecule has 25 heavy (non-hydrogen) atoms. The van der Waals surface area contributed by atoms with Crippen LogP contribution in [0, 0.1) is 0 Å². The molecule has 0 aliphatic carbocycles. The maximum atomic E-state index is 12.3. The van der Waals surface area contributed by atoms with Gasteiger partial charge in [-0.05, 0) is 50.2 Å². The summed E-state index contributed by atoms with van der Waals surface area (Å²) in [4.78, 5) is 39.4. The molecule has 0 radical (unpaired) electrons. The molecule has 0 atom stereocenters. The normalized spacial score (nSPS) is 10.2. The summed E-state index contributed by atoms with van der Waals surface area (Å²) in [5.74, 6) is -0.923. The molecule has 0 bridgehead atoms. The minimum Gasteiger partial charge on any atom is -0.349 e. The number of hydrogen-bond donors (Lipinski definition) is 3. The topological polar surface area (TPSA) is 100 Å². The van der Waals surface area contributed by atoms with Crippen LogP contribution in [0.3, 0.4) is 0 Å². The van der Waals surface area contributed by atoms with Gasteiger partial charge in [0.25, 0.3) is 11.8 Å². The van der Waals surface area contributed by atoms with Crippen LogP contribution in [-0.4, -0.2) is 28.7 Å². The van der Waals surface area contributed by atoms with Crippen LogP contribution in [0.4, 0.5) is 11.4 Å². The van der Waals surface area contributed by atoms with Crippen LogP contribution in [0.15, 0.2) is 42.5 Å². The van der Waals surface area contributed by atoms with Crippen LogP contribution in [-0.2, 0) is 4.79 Å². The highest BCUT2D eigenvalue weighted by Crippen LogP contribution is 2.14. The average molecular weight is 340 g/mol. The zero-order chi connectivity index (χ0) is 18.4. The molecule has 0 saturated heterocycles. The Hall–Kier alpha value is -3.22.